The maximum absolute atomic E-state index is 10.2. The molecule has 1 aliphatic heterocycles. The Bertz CT molecular complexity index is 839. The lowest BCUT2D eigenvalue weighted by Gasteiger charge is -2.07. The number of guanidine groups is 1. The number of rotatable bonds is 11. The average Bonchev–Trinajstić information content (AvgIpc) is 3.47. The molecule has 0 unspecified atom stereocenters. The molecule has 0 aliphatic carbocycles. The predicted molar refractivity (Wildman–Crippen MR) is 163 cm³/mol. The number of carboxylic acid groups (broad SMARTS) is 6. The van der Waals surface area contributed by atoms with Crippen molar-refractivity contribution in [3.05, 3.63) is 0 Å². The highest BCUT2D eigenvalue weighted by Gasteiger charge is 2.20. The van der Waals surface area contributed by atoms with Crippen LogP contribution in [0.1, 0.15) is 53.4 Å². The molecule has 21 N–H and O–H groups in total. The van der Waals surface area contributed by atoms with Crippen molar-refractivity contribution in [1.29, 1.82) is 5.41 Å². The molecule has 0 aromatic carbocycles. The zero-order valence-electron chi connectivity index (χ0n) is 26.0. The smallest absolute Gasteiger partial charge is 0.320 e. The van der Waals surface area contributed by atoms with E-state index >= 15 is 0 Å². The van der Waals surface area contributed by atoms with Crippen LogP contribution in [0.15, 0.2) is 0 Å². The fourth-order valence-electron chi connectivity index (χ4n) is 1.85. The lowest BCUT2D eigenvalue weighted by atomic mass is 10.1. The summed E-state index contributed by atoms with van der Waals surface area (Å²) in [6.45, 7) is 7.45. The molecule has 1 rings (SSSR count). The van der Waals surface area contributed by atoms with E-state index in [0.717, 1.165) is 19.4 Å². The molecule has 0 amide bonds. The summed E-state index contributed by atoms with van der Waals surface area (Å²) in [5, 5.41) is 60.5. The third-order valence-electron chi connectivity index (χ3n) is 4.64. The van der Waals surface area contributed by atoms with Crippen LogP contribution in [0.5, 0.6) is 0 Å². The van der Waals surface area contributed by atoms with Gasteiger partial charge in [-0.1, -0.05) is 13.8 Å². The highest BCUT2D eigenvalue weighted by Crippen LogP contribution is 2.03. The van der Waals surface area contributed by atoms with Gasteiger partial charge in [0, 0.05) is 6.54 Å². The molecular formula is C24H53N9O12. The van der Waals surface area contributed by atoms with Crippen molar-refractivity contribution in [3.8, 4) is 0 Å². The first-order valence-electron chi connectivity index (χ1n) is 13.3. The van der Waals surface area contributed by atoms with E-state index in [2.05, 4.69) is 16.4 Å². The van der Waals surface area contributed by atoms with Crippen LogP contribution in [0.3, 0.4) is 0 Å². The van der Waals surface area contributed by atoms with Crippen LogP contribution in [0.25, 0.3) is 0 Å². The third-order valence-corrected chi connectivity index (χ3v) is 4.64. The van der Waals surface area contributed by atoms with E-state index in [0.29, 0.717) is 19.4 Å². The number of carbonyl (C=O) groups is 6. The van der Waals surface area contributed by atoms with Crippen molar-refractivity contribution in [3.63, 3.8) is 0 Å². The lowest BCUT2D eigenvalue weighted by Crippen LogP contribution is -2.34. The summed E-state index contributed by atoms with van der Waals surface area (Å²) in [4.78, 5) is 58.8. The maximum atomic E-state index is 10.2. The molecule has 1 heterocycles. The lowest BCUT2D eigenvalue weighted by molar-refractivity contribution is -0.140. The fraction of sp³-hybridized carbons (Fsp3) is 0.708. The number of carboxylic acids is 6. The summed E-state index contributed by atoms with van der Waals surface area (Å²) in [7, 11) is 0. The Kier molecular flexibility index (Phi) is 35.1. The quantitative estimate of drug-likeness (QED) is 0.0578. The summed E-state index contributed by atoms with van der Waals surface area (Å²) in [6.07, 6.45) is 2.76. The molecule has 0 aromatic rings. The number of hydrogen-bond donors (Lipinski definition) is 15. The largest absolute Gasteiger partial charge is 0.480 e. The van der Waals surface area contributed by atoms with Crippen molar-refractivity contribution in [2.45, 2.75) is 83.6 Å². The van der Waals surface area contributed by atoms with Gasteiger partial charge in [0.1, 0.15) is 30.2 Å². The first kappa shape index (κ1) is 50.5. The van der Waals surface area contributed by atoms with Crippen LogP contribution in [-0.4, -0.2) is 122 Å². The van der Waals surface area contributed by atoms with Crippen molar-refractivity contribution in [2.75, 3.05) is 19.6 Å². The predicted octanol–water partition coefficient (Wildman–Crippen LogP) is -3.60. The van der Waals surface area contributed by atoms with Crippen LogP contribution in [-0.2, 0) is 28.8 Å². The Morgan fingerprint density at radius 3 is 1.38 bits per heavy atom. The van der Waals surface area contributed by atoms with Gasteiger partial charge in [0.05, 0.1) is 6.54 Å². The molecule has 0 aromatic heterocycles. The van der Waals surface area contributed by atoms with Crippen LogP contribution in [0.2, 0.25) is 0 Å². The average molecular weight is 660 g/mol. The van der Waals surface area contributed by atoms with Crippen molar-refractivity contribution < 1.29 is 59.4 Å². The number of aliphatic carboxylic acids is 6. The van der Waals surface area contributed by atoms with Crippen LogP contribution in [0, 0.1) is 11.3 Å². The summed E-state index contributed by atoms with van der Waals surface area (Å²) in [5.74, 6) is -5.64. The van der Waals surface area contributed by atoms with E-state index < -0.39 is 60.0 Å². The molecule has 0 radical (unpaired) electrons. The van der Waals surface area contributed by atoms with Gasteiger partial charge in [-0.3, -0.25) is 34.2 Å². The second-order valence-electron chi connectivity index (χ2n) is 9.37. The van der Waals surface area contributed by atoms with Gasteiger partial charge in [-0.15, -0.1) is 0 Å². The molecule has 0 saturated carbocycles. The van der Waals surface area contributed by atoms with E-state index in [1.165, 1.54) is 13.8 Å². The second kappa shape index (κ2) is 31.3. The Hall–Kier alpha value is -4.15. The Balaban J connectivity index is -0.000000146. The SMILES string of the molecule is CC(C)[C@H](N)C(=O)O.C[C@H](N)C(=O)O.C[C@H](N)C(=O)O.N=C(N)NCCC[C@H](N)C(=O)O.NCC(=O)O.O=C(O)[C@@H]1CCCN1. The molecule has 0 bridgehead atoms. The number of nitrogens with one attached hydrogen (secondary N) is 3. The van der Waals surface area contributed by atoms with Crippen LogP contribution >= 0.6 is 0 Å². The topological polar surface area (TPSA) is 428 Å². The van der Waals surface area contributed by atoms with Gasteiger partial charge in [-0.05, 0) is 52.0 Å². The van der Waals surface area contributed by atoms with Crippen molar-refractivity contribution in [1.82, 2.24) is 10.6 Å². The zero-order chi connectivity index (χ0) is 36.9. The van der Waals surface area contributed by atoms with Gasteiger partial charge in [0.25, 0.3) is 0 Å². The van der Waals surface area contributed by atoms with E-state index in [9.17, 15) is 28.8 Å². The normalized spacial score (nSPS) is 15.2. The first-order valence-corrected chi connectivity index (χ1v) is 13.3. The molecule has 1 saturated heterocycles. The molecular weight excluding hydrogens is 606 g/mol. The standard InChI is InChI=1S/C6H14N4O2.C5H9NO2.C5H11NO2.2C3H7NO2.C2H5NO2/c7-4(5(11)12)2-1-3-10-6(8)9;7-5(8)4-2-1-3-6-4;1-3(2)4(6)5(7)8;2*1-2(4)3(5)6;3-1-2(4)5/h4H,1-3,7H2,(H,11,12)(H4,8,9,10);4,6H,1-3H2,(H,7,8);3-4H,6H2,1-2H3,(H,7,8);2*2H,4H2,1H3,(H,5,6);1,3H2,(H,4,5)/t3*4-;2*2-;/m00000./s1. The van der Waals surface area contributed by atoms with Gasteiger partial charge in [0.15, 0.2) is 5.96 Å². The molecule has 21 nitrogen and oxygen atoms in total. The van der Waals surface area contributed by atoms with E-state index in [1.54, 1.807) is 13.8 Å². The monoisotopic (exact) mass is 659 g/mol. The van der Waals surface area contributed by atoms with Crippen LogP contribution < -0.4 is 45.0 Å². The maximum Gasteiger partial charge on any atom is 0.320 e. The minimum Gasteiger partial charge on any atom is -0.480 e. The van der Waals surface area contributed by atoms with Crippen molar-refractivity contribution in [2.24, 2.45) is 40.3 Å². The molecule has 21 heteroatoms. The zero-order valence-corrected chi connectivity index (χ0v) is 26.0. The number of nitrogens with two attached hydrogens (primary N) is 6. The first-order chi connectivity index (χ1) is 20.5. The van der Waals surface area contributed by atoms with E-state index in [4.69, 9.17) is 64.7 Å². The Labute approximate surface area is 261 Å². The van der Waals surface area contributed by atoms with Crippen molar-refractivity contribution >= 4 is 41.8 Å². The van der Waals surface area contributed by atoms with Gasteiger partial charge >= 0.3 is 35.8 Å². The molecule has 45 heavy (non-hydrogen) atoms. The van der Waals surface area contributed by atoms with Gasteiger partial charge in [-0.25, -0.2) is 0 Å². The minimum atomic E-state index is -1.00. The summed E-state index contributed by atoms with van der Waals surface area (Å²) in [6, 6.07) is -3.27. The van der Waals surface area contributed by atoms with E-state index in [-0.39, 0.29) is 24.5 Å². The molecule has 0 spiro atoms. The second-order valence-corrected chi connectivity index (χ2v) is 9.37. The van der Waals surface area contributed by atoms with Crippen LogP contribution in [0.4, 0.5) is 0 Å². The molecule has 1 fully saturated rings. The highest BCUT2D eigenvalue weighted by molar-refractivity contribution is 5.75. The minimum absolute atomic E-state index is 0.0208. The molecule has 1 aliphatic rings. The Morgan fingerprint density at radius 2 is 1.22 bits per heavy atom. The summed E-state index contributed by atoms with van der Waals surface area (Å²) in [5.41, 5.74) is 29.6. The molecule has 5 atom stereocenters. The van der Waals surface area contributed by atoms with Gasteiger partial charge in [-0.2, -0.15) is 0 Å². The van der Waals surface area contributed by atoms with E-state index in [1.807, 2.05) is 0 Å². The molecule has 266 valence electrons. The van der Waals surface area contributed by atoms with Gasteiger partial charge in [0.2, 0.25) is 0 Å². The fourth-order valence-corrected chi connectivity index (χ4v) is 1.85. The highest BCUT2D eigenvalue weighted by atomic mass is 16.4. The summed E-state index contributed by atoms with van der Waals surface area (Å²) < 4.78 is 0. The number of hydrogen-bond acceptors (Lipinski definition) is 13. The Morgan fingerprint density at radius 1 is 0.822 bits per heavy atom. The third kappa shape index (κ3) is 44.4. The summed E-state index contributed by atoms with van der Waals surface area (Å²) >= 11 is 0. The van der Waals surface area contributed by atoms with Gasteiger partial charge < -0.3 is 75.7 Å².